The number of nitrogens with one attached hydrogen (secondary N) is 2. The maximum atomic E-state index is 14.3. The smallest absolute Gasteiger partial charge is 0.249 e. The summed E-state index contributed by atoms with van der Waals surface area (Å²) in [4.78, 5) is 58.6. The molecule has 10 heteroatoms. The van der Waals surface area contributed by atoms with Crippen molar-refractivity contribution in [1.29, 1.82) is 0 Å². The average molecular weight is 551 g/mol. The Balaban J connectivity index is 1.50. The van der Waals surface area contributed by atoms with Gasteiger partial charge in [0.05, 0.1) is 12.1 Å². The lowest BCUT2D eigenvalue weighted by Gasteiger charge is -2.35. The summed E-state index contributed by atoms with van der Waals surface area (Å²) < 4.78 is 11.8. The number of ether oxygens (including phenoxy) is 2. The van der Waals surface area contributed by atoms with Crippen molar-refractivity contribution in [2.24, 2.45) is 5.92 Å². The highest BCUT2D eigenvalue weighted by molar-refractivity contribution is 6.13. The molecule has 6 aliphatic heterocycles. The van der Waals surface area contributed by atoms with Gasteiger partial charge in [0, 0.05) is 29.2 Å². The second-order valence-electron chi connectivity index (χ2n) is 12.9. The molecule has 0 spiro atoms. The van der Waals surface area contributed by atoms with E-state index in [0.29, 0.717) is 22.8 Å². The van der Waals surface area contributed by atoms with Crippen molar-refractivity contribution >= 4 is 23.4 Å². The Bertz CT molecular complexity index is 1300. The van der Waals surface area contributed by atoms with Crippen molar-refractivity contribution in [1.82, 2.24) is 20.4 Å². The van der Waals surface area contributed by atoms with Gasteiger partial charge in [-0.3, -0.25) is 19.2 Å². The molecule has 6 heterocycles. The van der Waals surface area contributed by atoms with Crippen LogP contribution in [0.25, 0.3) is 0 Å². The standard InChI is InChI=1S/C30H38N4O6/c1-12(2)10-17(35)31-27-19(23(37)29(8)25-21(39-25)15(6)33(27)29)14(5)20-24(38)30(9)26-22(40-26)16(7)34(30)28(20)32-18(36)11-13(3)4/h10-11,14-16,21-22,25-26H,1-9H3,(H,31,35)(H,32,36)/t14?,15-,16+,21-,22-,25+,26+,29-,30-/m0/s1. The third-order valence-electron chi connectivity index (χ3n) is 9.51. The fraction of sp³-hybridized carbons (Fsp3) is 0.600. The van der Waals surface area contributed by atoms with Crippen LogP contribution < -0.4 is 10.6 Å². The molecule has 0 radical (unpaired) electrons. The normalized spacial score (nSPS) is 39.0. The number of morpholine rings is 2. The fourth-order valence-corrected chi connectivity index (χ4v) is 7.70. The molecule has 0 aromatic carbocycles. The lowest BCUT2D eigenvalue weighted by molar-refractivity contribution is -0.126. The lowest BCUT2D eigenvalue weighted by atomic mass is 9.80. The number of epoxide rings is 2. The minimum atomic E-state index is -0.993. The highest BCUT2D eigenvalue weighted by atomic mass is 16.6. The maximum Gasteiger partial charge on any atom is 0.249 e. The van der Waals surface area contributed by atoms with Gasteiger partial charge in [0.2, 0.25) is 11.8 Å². The molecule has 2 N–H and O–H groups in total. The van der Waals surface area contributed by atoms with Crippen molar-refractivity contribution in [2.75, 3.05) is 0 Å². The molecule has 0 aromatic heterocycles. The molecule has 0 aromatic rings. The van der Waals surface area contributed by atoms with Crippen LogP contribution in [-0.2, 0) is 28.7 Å². The van der Waals surface area contributed by atoms with Gasteiger partial charge in [0.25, 0.3) is 0 Å². The largest absolute Gasteiger partial charge is 0.364 e. The number of carbonyl (C=O) groups excluding carboxylic acids is 4. The quantitative estimate of drug-likeness (QED) is 0.379. The summed E-state index contributed by atoms with van der Waals surface area (Å²) in [7, 11) is 0. The third-order valence-corrected chi connectivity index (χ3v) is 9.51. The average Bonchev–Trinajstić information content (AvgIpc) is 3.72. The number of ketones is 2. The topological polar surface area (TPSA) is 124 Å². The first-order chi connectivity index (χ1) is 18.6. The SMILES string of the molecule is CC(C)=CC(=O)NC1=C(C(C)C2=C(NC(=O)C=C(C)C)N3[C@@H](C)[C@@H]4O[C@H]4[C@]3(C)C2=O)C(=O)[C@@]2(C)[C@@H]3O[C@H]3[C@@H](C)N12. The Kier molecular flexibility index (Phi) is 5.65. The molecule has 9 atom stereocenters. The molecule has 4 saturated heterocycles. The van der Waals surface area contributed by atoms with E-state index in [9.17, 15) is 19.2 Å². The van der Waals surface area contributed by atoms with Crippen LogP contribution >= 0.6 is 0 Å². The minimum absolute atomic E-state index is 0.0958. The van der Waals surface area contributed by atoms with Crippen molar-refractivity contribution < 1.29 is 28.7 Å². The van der Waals surface area contributed by atoms with Crippen LogP contribution in [0.5, 0.6) is 0 Å². The van der Waals surface area contributed by atoms with Gasteiger partial charge in [-0.05, 0) is 55.4 Å². The summed E-state index contributed by atoms with van der Waals surface area (Å²) in [6.07, 6.45) is 2.20. The van der Waals surface area contributed by atoms with Gasteiger partial charge >= 0.3 is 0 Å². The second kappa shape index (κ2) is 8.39. The zero-order chi connectivity index (χ0) is 29.2. The van der Waals surface area contributed by atoms with Gasteiger partial charge < -0.3 is 29.9 Å². The van der Waals surface area contributed by atoms with Crippen LogP contribution in [0.3, 0.4) is 0 Å². The molecule has 6 aliphatic rings. The van der Waals surface area contributed by atoms with Crippen molar-refractivity contribution in [3.05, 3.63) is 46.1 Å². The number of rotatable bonds is 6. The molecule has 2 amide bonds. The summed E-state index contributed by atoms with van der Waals surface area (Å²) in [5.41, 5.74) is 0.350. The van der Waals surface area contributed by atoms with Crippen LogP contribution in [-0.4, -0.2) is 80.8 Å². The summed E-state index contributed by atoms with van der Waals surface area (Å²) >= 11 is 0. The molecule has 10 nitrogen and oxygen atoms in total. The summed E-state index contributed by atoms with van der Waals surface area (Å²) in [5.74, 6) is -0.938. The minimum Gasteiger partial charge on any atom is -0.364 e. The zero-order valence-corrected chi connectivity index (χ0v) is 24.5. The van der Waals surface area contributed by atoms with E-state index in [4.69, 9.17) is 9.47 Å². The zero-order valence-electron chi connectivity index (χ0n) is 24.5. The van der Waals surface area contributed by atoms with Crippen molar-refractivity contribution in [2.45, 2.75) is 110 Å². The molecular formula is C30H38N4O6. The molecule has 0 aliphatic carbocycles. The summed E-state index contributed by atoms with van der Waals surface area (Å²) in [6, 6.07) is -0.283. The van der Waals surface area contributed by atoms with Gasteiger partial charge in [0.15, 0.2) is 11.6 Å². The van der Waals surface area contributed by atoms with E-state index < -0.39 is 17.0 Å². The molecule has 6 rings (SSSR count). The van der Waals surface area contributed by atoms with Gasteiger partial charge in [-0.1, -0.05) is 18.1 Å². The van der Waals surface area contributed by atoms with Crippen LogP contribution in [0, 0.1) is 5.92 Å². The van der Waals surface area contributed by atoms with Crippen LogP contribution in [0.15, 0.2) is 46.1 Å². The van der Waals surface area contributed by atoms with E-state index in [2.05, 4.69) is 10.6 Å². The monoisotopic (exact) mass is 550 g/mol. The number of hydrogen-bond donors (Lipinski definition) is 2. The number of fused-ring (bicyclic) bond motifs is 6. The van der Waals surface area contributed by atoms with Gasteiger partial charge in [-0.15, -0.1) is 0 Å². The van der Waals surface area contributed by atoms with Gasteiger partial charge in [0.1, 0.15) is 47.1 Å². The van der Waals surface area contributed by atoms with E-state index >= 15 is 0 Å². The van der Waals surface area contributed by atoms with Crippen LogP contribution in [0.4, 0.5) is 0 Å². The van der Waals surface area contributed by atoms with E-state index in [1.54, 1.807) is 0 Å². The molecule has 0 bridgehead atoms. The third kappa shape index (κ3) is 3.35. The fourth-order valence-electron chi connectivity index (χ4n) is 7.70. The van der Waals surface area contributed by atoms with Crippen molar-refractivity contribution in [3.8, 4) is 0 Å². The Labute approximate surface area is 234 Å². The molecule has 4 fully saturated rings. The molecule has 214 valence electrons. The molecule has 0 saturated carbocycles. The highest BCUT2D eigenvalue weighted by Crippen LogP contribution is 2.58. The second-order valence-corrected chi connectivity index (χ2v) is 12.9. The first-order valence-corrected chi connectivity index (χ1v) is 14.0. The van der Waals surface area contributed by atoms with Gasteiger partial charge in [-0.25, -0.2) is 0 Å². The predicted octanol–water partition coefficient (Wildman–Crippen LogP) is 1.84. The first-order valence-electron chi connectivity index (χ1n) is 14.0. The number of nitrogens with zero attached hydrogens (tertiary/aromatic N) is 2. The van der Waals surface area contributed by atoms with Crippen LogP contribution in [0.1, 0.15) is 62.3 Å². The molecule has 40 heavy (non-hydrogen) atoms. The lowest BCUT2D eigenvalue weighted by Crippen LogP contribution is -2.52. The number of carbonyl (C=O) groups is 4. The Morgan fingerprint density at radius 3 is 1.45 bits per heavy atom. The first kappa shape index (κ1) is 27.0. The highest BCUT2D eigenvalue weighted by Gasteiger charge is 2.75. The maximum absolute atomic E-state index is 14.3. The summed E-state index contributed by atoms with van der Waals surface area (Å²) in [6.45, 7) is 16.8. The van der Waals surface area contributed by atoms with Crippen molar-refractivity contribution in [3.63, 3.8) is 0 Å². The number of amides is 2. The van der Waals surface area contributed by atoms with E-state index in [1.165, 1.54) is 12.2 Å². The summed E-state index contributed by atoms with van der Waals surface area (Å²) in [5, 5.41) is 5.98. The predicted molar refractivity (Wildman–Crippen MR) is 145 cm³/mol. The van der Waals surface area contributed by atoms with Crippen LogP contribution in [0.2, 0.25) is 0 Å². The molecule has 1 unspecified atom stereocenters. The van der Waals surface area contributed by atoms with E-state index in [0.717, 1.165) is 11.1 Å². The molecular weight excluding hydrogens is 512 g/mol. The Morgan fingerprint density at radius 1 is 0.775 bits per heavy atom. The number of hydrogen-bond acceptors (Lipinski definition) is 8. The Hall–Kier alpha value is -3.24. The Morgan fingerprint density at radius 2 is 1.12 bits per heavy atom. The number of allylic oxidation sites excluding steroid dienone is 2. The van der Waals surface area contributed by atoms with E-state index in [-0.39, 0.29) is 59.9 Å². The van der Waals surface area contributed by atoms with Gasteiger partial charge in [-0.2, -0.15) is 0 Å². The number of Topliss-reactive ketones (excluding diaryl/α,β-unsaturated/α-hetero) is 2. The van der Waals surface area contributed by atoms with E-state index in [1.807, 2.05) is 72.1 Å².